The summed E-state index contributed by atoms with van der Waals surface area (Å²) in [7, 11) is -3.68. The zero-order chi connectivity index (χ0) is 20.2. The van der Waals surface area contributed by atoms with Crippen LogP contribution in [0.3, 0.4) is 0 Å². The van der Waals surface area contributed by atoms with Gasteiger partial charge in [-0.3, -0.25) is 9.59 Å². The van der Waals surface area contributed by atoms with Crippen molar-refractivity contribution >= 4 is 27.6 Å². The molecule has 0 aliphatic rings. The Morgan fingerprint density at radius 1 is 1.15 bits per heavy atom. The van der Waals surface area contributed by atoms with Crippen LogP contribution in [-0.2, 0) is 14.8 Å². The van der Waals surface area contributed by atoms with Gasteiger partial charge < -0.3 is 10.4 Å². The first-order chi connectivity index (χ1) is 12.7. The van der Waals surface area contributed by atoms with Crippen molar-refractivity contribution in [2.24, 2.45) is 0 Å². The van der Waals surface area contributed by atoms with Crippen molar-refractivity contribution in [2.75, 3.05) is 11.9 Å². The van der Waals surface area contributed by atoms with E-state index < -0.39 is 27.8 Å². The molecule has 0 heterocycles. The number of carboxylic acid groups (broad SMARTS) is 1. The molecule has 0 aromatic heterocycles. The number of anilines is 1. The Morgan fingerprint density at radius 2 is 1.85 bits per heavy atom. The second-order valence-electron chi connectivity index (χ2n) is 6.12. The molecule has 0 fully saturated rings. The molecule has 1 atom stereocenters. The SMILES string of the molecule is CCNS(=O)(=O)c1ccc(C)c(C(=O)Nc2cccc(C(C)C(=O)O)c2)c1. The van der Waals surface area contributed by atoms with Crippen LogP contribution >= 0.6 is 0 Å². The van der Waals surface area contributed by atoms with Crippen molar-refractivity contribution in [1.29, 1.82) is 0 Å². The summed E-state index contributed by atoms with van der Waals surface area (Å²) >= 11 is 0. The van der Waals surface area contributed by atoms with Crippen molar-refractivity contribution < 1.29 is 23.1 Å². The predicted molar refractivity (Wildman–Crippen MR) is 102 cm³/mol. The molecule has 7 nitrogen and oxygen atoms in total. The molecule has 2 aromatic carbocycles. The van der Waals surface area contributed by atoms with Gasteiger partial charge in [0.15, 0.2) is 0 Å². The highest BCUT2D eigenvalue weighted by molar-refractivity contribution is 7.89. The summed E-state index contributed by atoms with van der Waals surface area (Å²) in [4.78, 5) is 23.8. The fourth-order valence-electron chi connectivity index (χ4n) is 2.51. The third-order valence-corrected chi connectivity index (χ3v) is 5.66. The van der Waals surface area contributed by atoms with Crippen molar-refractivity contribution in [3.63, 3.8) is 0 Å². The Hall–Kier alpha value is -2.71. The number of amides is 1. The topological polar surface area (TPSA) is 113 Å². The first-order valence-corrected chi connectivity index (χ1v) is 9.88. The Labute approximate surface area is 158 Å². The second kappa shape index (κ2) is 8.32. The summed E-state index contributed by atoms with van der Waals surface area (Å²) in [6.07, 6.45) is 0. The van der Waals surface area contributed by atoms with Gasteiger partial charge in [-0.2, -0.15) is 0 Å². The number of nitrogens with one attached hydrogen (secondary N) is 2. The largest absolute Gasteiger partial charge is 0.481 e. The van der Waals surface area contributed by atoms with Crippen molar-refractivity contribution in [1.82, 2.24) is 4.72 Å². The van der Waals surface area contributed by atoms with E-state index >= 15 is 0 Å². The van der Waals surface area contributed by atoms with Crippen molar-refractivity contribution in [2.45, 2.75) is 31.6 Å². The van der Waals surface area contributed by atoms with Gasteiger partial charge in [-0.1, -0.05) is 25.1 Å². The normalized spacial score (nSPS) is 12.4. The lowest BCUT2D eigenvalue weighted by Crippen LogP contribution is -2.24. The molecule has 8 heteroatoms. The van der Waals surface area contributed by atoms with E-state index in [9.17, 15) is 18.0 Å². The lowest BCUT2D eigenvalue weighted by molar-refractivity contribution is -0.138. The molecule has 0 saturated carbocycles. The fourth-order valence-corrected chi connectivity index (χ4v) is 3.58. The Kier molecular flexibility index (Phi) is 6.35. The first kappa shape index (κ1) is 20.6. The molecule has 0 saturated heterocycles. The van der Waals surface area contributed by atoms with Crippen LogP contribution in [0.15, 0.2) is 47.4 Å². The van der Waals surface area contributed by atoms with Crippen LogP contribution in [0.2, 0.25) is 0 Å². The minimum atomic E-state index is -3.68. The number of rotatable bonds is 7. The van der Waals surface area contributed by atoms with Crippen LogP contribution in [0.5, 0.6) is 0 Å². The zero-order valence-electron chi connectivity index (χ0n) is 15.3. The number of carbonyl (C=O) groups excluding carboxylic acids is 1. The predicted octanol–water partition coefficient (Wildman–Crippen LogP) is 2.73. The maximum atomic E-state index is 12.6. The van der Waals surface area contributed by atoms with Gasteiger partial charge in [0.1, 0.15) is 0 Å². The van der Waals surface area contributed by atoms with Crippen LogP contribution in [0.25, 0.3) is 0 Å². The zero-order valence-corrected chi connectivity index (χ0v) is 16.1. The van der Waals surface area contributed by atoms with E-state index in [0.717, 1.165) is 0 Å². The molecule has 0 spiro atoms. The van der Waals surface area contributed by atoms with Crippen LogP contribution in [0.4, 0.5) is 5.69 Å². The van der Waals surface area contributed by atoms with Crippen LogP contribution in [-0.4, -0.2) is 31.9 Å². The monoisotopic (exact) mass is 390 g/mol. The number of aliphatic carboxylic acids is 1. The lowest BCUT2D eigenvalue weighted by Gasteiger charge is -2.12. The van der Waals surface area contributed by atoms with Gasteiger partial charge in [-0.05, 0) is 49.2 Å². The van der Waals surface area contributed by atoms with Gasteiger partial charge >= 0.3 is 5.97 Å². The fraction of sp³-hybridized carbons (Fsp3) is 0.263. The molecule has 3 N–H and O–H groups in total. The summed E-state index contributed by atoms with van der Waals surface area (Å²) in [6, 6.07) is 10.9. The molecule has 144 valence electrons. The van der Waals surface area contributed by atoms with Crippen LogP contribution < -0.4 is 10.0 Å². The van der Waals surface area contributed by atoms with Gasteiger partial charge in [0.05, 0.1) is 10.8 Å². The van der Waals surface area contributed by atoms with E-state index in [1.807, 2.05) is 0 Å². The highest BCUT2D eigenvalue weighted by atomic mass is 32.2. The number of hydrogen-bond donors (Lipinski definition) is 3. The quantitative estimate of drug-likeness (QED) is 0.673. The number of hydrogen-bond acceptors (Lipinski definition) is 4. The first-order valence-electron chi connectivity index (χ1n) is 8.40. The van der Waals surface area contributed by atoms with E-state index in [2.05, 4.69) is 10.0 Å². The van der Waals surface area contributed by atoms with Gasteiger partial charge in [0.2, 0.25) is 10.0 Å². The van der Waals surface area contributed by atoms with Crippen LogP contribution in [0.1, 0.15) is 41.3 Å². The third kappa shape index (κ3) is 4.93. The molecule has 27 heavy (non-hydrogen) atoms. The minimum Gasteiger partial charge on any atom is -0.481 e. The van der Waals surface area contributed by atoms with E-state index in [1.54, 1.807) is 51.1 Å². The summed E-state index contributed by atoms with van der Waals surface area (Å²) < 4.78 is 26.7. The molecule has 0 aliphatic carbocycles. The van der Waals surface area contributed by atoms with Crippen molar-refractivity contribution in [3.05, 3.63) is 59.2 Å². The maximum Gasteiger partial charge on any atom is 0.310 e. The number of sulfonamides is 1. The molecule has 2 aromatic rings. The van der Waals surface area contributed by atoms with Crippen molar-refractivity contribution in [3.8, 4) is 0 Å². The molecular weight excluding hydrogens is 368 g/mol. The molecule has 0 radical (unpaired) electrons. The van der Waals surface area contributed by atoms with E-state index in [-0.39, 0.29) is 17.0 Å². The Morgan fingerprint density at radius 3 is 2.48 bits per heavy atom. The Bertz CT molecular complexity index is 970. The summed E-state index contributed by atoms with van der Waals surface area (Å²) in [5.41, 5.74) is 1.84. The smallest absolute Gasteiger partial charge is 0.310 e. The maximum absolute atomic E-state index is 12.6. The van der Waals surface area contributed by atoms with E-state index in [4.69, 9.17) is 5.11 Å². The van der Waals surface area contributed by atoms with Gasteiger partial charge in [-0.25, -0.2) is 13.1 Å². The van der Waals surface area contributed by atoms with Gasteiger partial charge in [-0.15, -0.1) is 0 Å². The van der Waals surface area contributed by atoms with E-state index in [0.29, 0.717) is 16.8 Å². The third-order valence-electron chi connectivity index (χ3n) is 4.11. The highest BCUT2D eigenvalue weighted by Gasteiger charge is 2.18. The summed E-state index contributed by atoms with van der Waals surface area (Å²) in [5, 5.41) is 11.8. The van der Waals surface area contributed by atoms with Gasteiger partial charge in [0.25, 0.3) is 5.91 Å². The number of carboxylic acids is 1. The van der Waals surface area contributed by atoms with E-state index in [1.165, 1.54) is 12.1 Å². The molecule has 0 bridgehead atoms. The second-order valence-corrected chi connectivity index (χ2v) is 7.88. The lowest BCUT2D eigenvalue weighted by atomic mass is 10.0. The molecular formula is C19H22N2O5S. The standard InChI is InChI=1S/C19H22N2O5S/c1-4-20-27(25,26)16-9-8-12(2)17(11-16)18(22)21-15-7-5-6-14(10-15)13(3)19(23)24/h5-11,13,20H,4H2,1-3H3,(H,21,22)(H,23,24). The number of aryl methyl sites for hydroxylation is 1. The summed E-state index contributed by atoms with van der Waals surface area (Å²) in [5.74, 6) is -2.14. The molecule has 1 unspecified atom stereocenters. The average molecular weight is 390 g/mol. The molecule has 2 rings (SSSR count). The Balaban J connectivity index is 2.31. The summed E-state index contributed by atoms with van der Waals surface area (Å²) in [6.45, 7) is 5.18. The molecule has 1 amide bonds. The number of benzene rings is 2. The minimum absolute atomic E-state index is 0.00773. The highest BCUT2D eigenvalue weighted by Crippen LogP contribution is 2.21. The average Bonchev–Trinajstić information content (AvgIpc) is 2.61. The van der Waals surface area contributed by atoms with Gasteiger partial charge in [0, 0.05) is 17.8 Å². The number of carbonyl (C=O) groups is 2. The molecule has 0 aliphatic heterocycles. The van der Waals surface area contributed by atoms with Crippen LogP contribution in [0, 0.1) is 6.92 Å².